The Hall–Kier alpha value is -1.51. The second-order valence-electron chi connectivity index (χ2n) is 5.99. The van der Waals surface area contributed by atoms with Gasteiger partial charge in [-0.25, -0.2) is 0 Å². The smallest absolute Gasteiger partial charge is 0.254 e. The summed E-state index contributed by atoms with van der Waals surface area (Å²) in [5, 5.41) is 3.35. The molecule has 20 heavy (non-hydrogen) atoms. The van der Waals surface area contributed by atoms with Crippen molar-refractivity contribution in [3.05, 3.63) is 29.3 Å². The van der Waals surface area contributed by atoms with E-state index in [-0.39, 0.29) is 11.4 Å². The maximum Gasteiger partial charge on any atom is 0.254 e. The monoisotopic (exact) mass is 276 g/mol. The Morgan fingerprint density at radius 2 is 1.95 bits per heavy atom. The molecular formula is C17H28N2O. The highest BCUT2D eigenvalue weighted by molar-refractivity contribution is 5.96. The predicted molar refractivity (Wildman–Crippen MR) is 86.4 cm³/mol. The molecular weight excluding hydrogens is 248 g/mol. The molecule has 3 heteroatoms. The topological polar surface area (TPSA) is 32.3 Å². The minimum atomic E-state index is -0.122. The molecule has 0 bridgehead atoms. The Labute approximate surface area is 123 Å². The molecule has 0 spiro atoms. The molecule has 0 saturated carbocycles. The van der Waals surface area contributed by atoms with Crippen LogP contribution in [0.25, 0.3) is 0 Å². The zero-order chi connectivity index (χ0) is 15.3. The molecule has 1 amide bonds. The third kappa shape index (κ3) is 3.75. The first-order valence-corrected chi connectivity index (χ1v) is 7.46. The minimum Gasteiger partial charge on any atom is -0.385 e. The Kier molecular flexibility index (Phi) is 5.61. The van der Waals surface area contributed by atoms with Gasteiger partial charge in [-0.3, -0.25) is 4.79 Å². The SMILES string of the molecule is CCCNc1ccc(C(=O)N(C)C(C)(C)CC)c(C)c1. The van der Waals surface area contributed by atoms with Crippen molar-refractivity contribution in [2.75, 3.05) is 18.9 Å². The summed E-state index contributed by atoms with van der Waals surface area (Å²) in [6.07, 6.45) is 2.03. The molecule has 1 rings (SSSR count). The number of rotatable bonds is 6. The van der Waals surface area contributed by atoms with Gasteiger partial charge in [-0.15, -0.1) is 0 Å². The summed E-state index contributed by atoms with van der Waals surface area (Å²) in [7, 11) is 1.88. The molecule has 3 nitrogen and oxygen atoms in total. The van der Waals surface area contributed by atoms with E-state index < -0.39 is 0 Å². The standard InChI is InChI=1S/C17H28N2O/c1-7-11-18-14-9-10-15(13(3)12-14)16(20)19(6)17(4,5)8-2/h9-10,12,18H,7-8,11H2,1-6H3. The summed E-state index contributed by atoms with van der Waals surface area (Å²) in [6, 6.07) is 5.97. The molecule has 1 N–H and O–H groups in total. The summed E-state index contributed by atoms with van der Waals surface area (Å²) in [6.45, 7) is 11.4. The first-order chi connectivity index (χ1) is 9.33. The van der Waals surface area contributed by atoms with Gasteiger partial charge in [0.15, 0.2) is 0 Å². The highest BCUT2D eigenvalue weighted by atomic mass is 16.2. The van der Waals surface area contributed by atoms with Crippen LogP contribution in [0.5, 0.6) is 0 Å². The van der Waals surface area contributed by atoms with E-state index >= 15 is 0 Å². The lowest BCUT2D eigenvalue weighted by Gasteiger charge is -2.35. The number of carbonyl (C=O) groups excluding carboxylic acids is 1. The molecule has 0 saturated heterocycles. The Morgan fingerprint density at radius 3 is 2.45 bits per heavy atom. The second kappa shape index (κ2) is 6.78. The number of nitrogens with zero attached hydrogens (tertiary/aromatic N) is 1. The van der Waals surface area contributed by atoms with Crippen molar-refractivity contribution in [1.29, 1.82) is 0 Å². The summed E-state index contributed by atoms with van der Waals surface area (Å²) < 4.78 is 0. The molecule has 1 aromatic carbocycles. The normalized spacial score (nSPS) is 11.3. The number of aryl methyl sites for hydroxylation is 1. The average molecular weight is 276 g/mol. The lowest BCUT2D eigenvalue weighted by atomic mass is 9.97. The zero-order valence-corrected chi connectivity index (χ0v) is 13.7. The van der Waals surface area contributed by atoms with Crippen LogP contribution in [0.2, 0.25) is 0 Å². The summed E-state index contributed by atoms with van der Waals surface area (Å²) >= 11 is 0. The fraction of sp³-hybridized carbons (Fsp3) is 0.588. The number of anilines is 1. The highest BCUT2D eigenvalue weighted by Gasteiger charge is 2.27. The largest absolute Gasteiger partial charge is 0.385 e. The number of hydrogen-bond donors (Lipinski definition) is 1. The predicted octanol–water partition coefficient (Wildman–Crippen LogP) is 4.08. The molecule has 0 fully saturated rings. The fourth-order valence-corrected chi connectivity index (χ4v) is 1.98. The van der Waals surface area contributed by atoms with Crippen LogP contribution in [0, 0.1) is 6.92 Å². The summed E-state index contributed by atoms with van der Waals surface area (Å²) in [5.74, 6) is 0.0939. The van der Waals surface area contributed by atoms with E-state index in [0.717, 1.165) is 36.2 Å². The van der Waals surface area contributed by atoms with Crippen molar-refractivity contribution in [2.45, 2.75) is 53.0 Å². The van der Waals surface area contributed by atoms with Crippen molar-refractivity contribution >= 4 is 11.6 Å². The van der Waals surface area contributed by atoms with Crippen LogP contribution in [0.3, 0.4) is 0 Å². The molecule has 0 aliphatic carbocycles. The maximum atomic E-state index is 12.6. The van der Waals surface area contributed by atoms with Gasteiger partial charge in [0.05, 0.1) is 0 Å². The van der Waals surface area contributed by atoms with Crippen molar-refractivity contribution < 1.29 is 4.79 Å². The van der Waals surface area contributed by atoms with E-state index in [2.05, 4.69) is 39.1 Å². The number of benzene rings is 1. The van der Waals surface area contributed by atoms with Crippen molar-refractivity contribution in [1.82, 2.24) is 4.90 Å². The van der Waals surface area contributed by atoms with E-state index in [1.807, 2.05) is 31.0 Å². The lowest BCUT2D eigenvalue weighted by Crippen LogP contribution is -2.44. The van der Waals surface area contributed by atoms with Crippen molar-refractivity contribution in [3.63, 3.8) is 0 Å². The van der Waals surface area contributed by atoms with Crippen LogP contribution in [-0.4, -0.2) is 29.9 Å². The Bertz CT molecular complexity index is 466. The maximum absolute atomic E-state index is 12.6. The zero-order valence-electron chi connectivity index (χ0n) is 13.7. The molecule has 112 valence electrons. The fourth-order valence-electron chi connectivity index (χ4n) is 1.98. The van der Waals surface area contributed by atoms with Crippen LogP contribution in [-0.2, 0) is 0 Å². The summed E-state index contributed by atoms with van der Waals surface area (Å²) in [4.78, 5) is 14.4. The average Bonchev–Trinajstić information content (AvgIpc) is 2.43. The Balaban J connectivity index is 2.94. The number of amides is 1. The number of carbonyl (C=O) groups is 1. The van der Waals surface area contributed by atoms with E-state index in [1.54, 1.807) is 0 Å². The van der Waals surface area contributed by atoms with Gasteiger partial charge in [0.1, 0.15) is 0 Å². The Morgan fingerprint density at radius 1 is 1.30 bits per heavy atom. The van der Waals surface area contributed by atoms with E-state index in [9.17, 15) is 4.79 Å². The number of nitrogens with one attached hydrogen (secondary N) is 1. The first-order valence-electron chi connectivity index (χ1n) is 7.46. The summed E-state index contributed by atoms with van der Waals surface area (Å²) in [5.41, 5.74) is 2.77. The van der Waals surface area contributed by atoms with Gasteiger partial charge in [0.25, 0.3) is 5.91 Å². The third-order valence-corrected chi connectivity index (χ3v) is 4.11. The van der Waals surface area contributed by atoms with Gasteiger partial charge in [0, 0.05) is 30.4 Å². The molecule has 1 aromatic rings. The van der Waals surface area contributed by atoms with Crippen LogP contribution >= 0.6 is 0 Å². The molecule has 0 aromatic heterocycles. The quantitative estimate of drug-likeness (QED) is 0.849. The molecule has 0 aliphatic rings. The van der Waals surface area contributed by atoms with Gasteiger partial charge in [0.2, 0.25) is 0 Å². The van der Waals surface area contributed by atoms with E-state index in [4.69, 9.17) is 0 Å². The highest BCUT2D eigenvalue weighted by Crippen LogP contribution is 2.22. The minimum absolute atomic E-state index is 0.0939. The molecule has 0 radical (unpaired) electrons. The van der Waals surface area contributed by atoms with Crippen LogP contribution in [0.15, 0.2) is 18.2 Å². The van der Waals surface area contributed by atoms with Crippen LogP contribution in [0.1, 0.15) is 56.5 Å². The van der Waals surface area contributed by atoms with Gasteiger partial charge in [-0.1, -0.05) is 13.8 Å². The molecule has 0 atom stereocenters. The first kappa shape index (κ1) is 16.5. The van der Waals surface area contributed by atoms with Crippen molar-refractivity contribution in [3.8, 4) is 0 Å². The lowest BCUT2D eigenvalue weighted by molar-refractivity contribution is 0.0619. The van der Waals surface area contributed by atoms with Gasteiger partial charge >= 0.3 is 0 Å². The van der Waals surface area contributed by atoms with Crippen LogP contribution < -0.4 is 5.32 Å². The number of hydrogen-bond acceptors (Lipinski definition) is 2. The van der Waals surface area contributed by atoms with E-state index in [1.165, 1.54) is 0 Å². The molecule has 0 unspecified atom stereocenters. The second-order valence-corrected chi connectivity index (χ2v) is 5.99. The third-order valence-electron chi connectivity index (χ3n) is 4.11. The van der Waals surface area contributed by atoms with Gasteiger partial charge in [-0.2, -0.15) is 0 Å². The van der Waals surface area contributed by atoms with Crippen molar-refractivity contribution in [2.24, 2.45) is 0 Å². The molecule has 0 aliphatic heterocycles. The molecule has 0 heterocycles. The van der Waals surface area contributed by atoms with Gasteiger partial charge in [-0.05, 0) is 57.4 Å². The van der Waals surface area contributed by atoms with Crippen LogP contribution in [0.4, 0.5) is 5.69 Å². The van der Waals surface area contributed by atoms with Gasteiger partial charge < -0.3 is 10.2 Å². The van der Waals surface area contributed by atoms with E-state index in [0.29, 0.717) is 0 Å².